The molecule has 7 rings (SSSR count). The van der Waals surface area contributed by atoms with E-state index in [0.717, 1.165) is 57.1 Å². The number of guanidine groups is 5. The molecule has 0 amide bonds. The van der Waals surface area contributed by atoms with Gasteiger partial charge in [-0.25, -0.2) is 19.2 Å². The van der Waals surface area contributed by atoms with Crippen LogP contribution in [-0.4, -0.2) is 75.5 Å². The Balaban J connectivity index is 1.12. The van der Waals surface area contributed by atoms with E-state index in [1.165, 1.54) is 0 Å². The van der Waals surface area contributed by atoms with Gasteiger partial charge in [-0.3, -0.25) is 0 Å². The molecule has 60 heavy (non-hydrogen) atoms. The molecule has 310 valence electrons. The Kier molecular flexibility index (Phi) is 13.7. The molecule has 3 aliphatic rings. The molecule has 0 radical (unpaired) electrons. The molecule has 3 aromatic carbocycles. The van der Waals surface area contributed by atoms with Crippen LogP contribution in [0.5, 0.6) is 0 Å². The molecule has 3 aliphatic heterocycles. The number of carbonyl (C=O) groups excluding carboxylic acids is 2. The van der Waals surface area contributed by atoms with Crippen molar-refractivity contribution in [1.82, 2.24) is 14.7 Å². The van der Waals surface area contributed by atoms with Crippen LogP contribution in [0.1, 0.15) is 105 Å². The highest BCUT2D eigenvalue weighted by Crippen LogP contribution is 2.23. The maximum atomic E-state index is 12.9. The van der Waals surface area contributed by atoms with E-state index >= 15 is 0 Å². The fraction of sp³-hybridized carbons (Fsp3) is 0.356. The van der Waals surface area contributed by atoms with Gasteiger partial charge < -0.3 is 20.1 Å². The quantitative estimate of drug-likeness (QED) is 0.0940. The summed E-state index contributed by atoms with van der Waals surface area (Å²) < 4.78 is 13.1. The number of ether oxygens (including phenoxy) is 2. The van der Waals surface area contributed by atoms with Gasteiger partial charge in [0, 0.05) is 11.4 Å². The molecule has 0 saturated carbocycles. The van der Waals surface area contributed by atoms with E-state index in [2.05, 4.69) is 43.4 Å². The van der Waals surface area contributed by atoms with Crippen LogP contribution in [0, 0.1) is 11.8 Å². The van der Waals surface area contributed by atoms with Gasteiger partial charge in [0.05, 0.1) is 36.2 Å². The summed E-state index contributed by atoms with van der Waals surface area (Å²) in [5, 5.41) is 11.0. The number of amidine groups is 1. The zero-order valence-electron chi connectivity index (χ0n) is 34.5. The average molecular weight is 810 g/mol. The van der Waals surface area contributed by atoms with Crippen LogP contribution in [-0.2, 0) is 9.47 Å². The van der Waals surface area contributed by atoms with Crippen LogP contribution in [0.25, 0.3) is 5.69 Å². The summed E-state index contributed by atoms with van der Waals surface area (Å²) in [5.74, 6) is 1.44. The second-order valence-corrected chi connectivity index (χ2v) is 14.8. The Hall–Kier alpha value is -6.77. The van der Waals surface area contributed by atoms with Gasteiger partial charge in [0.25, 0.3) is 0 Å². The monoisotopic (exact) mass is 809 g/mol. The van der Waals surface area contributed by atoms with Gasteiger partial charge >= 0.3 is 11.9 Å². The smallest absolute Gasteiger partial charge is 0.338 e. The number of para-hydroxylation sites is 1. The summed E-state index contributed by atoms with van der Waals surface area (Å²) in [6.07, 6.45) is 10.2. The number of rotatable bonds is 18. The van der Waals surface area contributed by atoms with Gasteiger partial charge in [-0.05, 0) is 91.4 Å². The minimum Gasteiger partial charge on any atom is -0.462 e. The number of aromatic nitrogens is 2. The number of nitrogens with one attached hydrogen (secondary N) is 2. The highest BCUT2D eigenvalue weighted by Gasteiger charge is 2.36. The summed E-state index contributed by atoms with van der Waals surface area (Å²) in [7, 11) is 0. The van der Waals surface area contributed by atoms with Crippen LogP contribution in [0.3, 0.4) is 0 Å². The summed E-state index contributed by atoms with van der Waals surface area (Å²) in [6, 6.07) is 25.4. The molecular formula is C45H51N11O4. The predicted molar refractivity (Wildman–Crippen MR) is 236 cm³/mol. The first-order valence-electron chi connectivity index (χ1n) is 20.9. The third-order valence-electron chi connectivity index (χ3n) is 10.4. The van der Waals surface area contributed by atoms with E-state index in [0.29, 0.717) is 59.1 Å². The zero-order chi connectivity index (χ0) is 41.8. The molecule has 2 N–H and O–H groups in total. The lowest BCUT2D eigenvalue weighted by Gasteiger charge is -2.30. The third kappa shape index (κ3) is 10.1. The Morgan fingerprint density at radius 1 is 0.600 bits per heavy atom. The maximum absolute atomic E-state index is 12.9. The first kappa shape index (κ1) is 41.4. The van der Waals surface area contributed by atoms with Crippen molar-refractivity contribution < 1.29 is 19.1 Å². The van der Waals surface area contributed by atoms with Crippen molar-refractivity contribution in [2.45, 2.75) is 79.1 Å². The van der Waals surface area contributed by atoms with Crippen LogP contribution >= 0.6 is 0 Å². The second kappa shape index (κ2) is 19.8. The lowest BCUT2D eigenvalue weighted by Crippen LogP contribution is -2.49. The standard InChI is InChI=1S/C45H51N11O4/c1-5-9-14-30(7-3)28-59-39(57)32-18-22-34(23-19-32)47-41-51-43-49-38(37-26-27-46-56(37)36-16-12-11-13-17-36)50-44-52-42(54-45(53-41)55(43)44)48-35-24-20-33(21-25-35)40(58)60-29-31(8-4)15-10-6-2/h11-13,16-27,30-31H,5-10,14-15,28-29H2,1-4H3,(H2,47,48,49,50,51,52,53,54). The van der Waals surface area contributed by atoms with Crippen LogP contribution in [0.15, 0.2) is 121 Å². The highest BCUT2D eigenvalue weighted by atomic mass is 16.5. The lowest BCUT2D eigenvalue weighted by molar-refractivity contribution is 0.0419. The second-order valence-electron chi connectivity index (χ2n) is 14.8. The predicted octanol–water partition coefficient (Wildman–Crippen LogP) is 8.71. The van der Waals surface area contributed by atoms with E-state index < -0.39 is 0 Å². The van der Waals surface area contributed by atoms with E-state index in [-0.39, 0.29) is 41.7 Å². The van der Waals surface area contributed by atoms with Crippen molar-refractivity contribution in [2.24, 2.45) is 41.8 Å². The molecule has 15 nitrogen and oxygen atoms in total. The third-order valence-corrected chi connectivity index (χ3v) is 10.4. The molecule has 0 aliphatic carbocycles. The van der Waals surface area contributed by atoms with Gasteiger partial charge in [-0.15, -0.1) is 0 Å². The highest BCUT2D eigenvalue weighted by molar-refractivity contribution is 6.33. The molecule has 0 saturated heterocycles. The minimum atomic E-state index is -0.360. The minimum absolute atomic E-state index is 0.210. The Labute approximate surface area is 350 Å². The van der Waals surface area contributed by atoms with Crippen LogP contribution in [0.4, 0.5) is 11.4 Å². The molecule has 2 atom stereocenters. The average Bonchev–Trinajstić information content (AvgIpc) is 3.77. The molecule has 0 spiro atoms. The van der Waals surface area contributed by atoms with Gasteiger partial charge in [0.1, 0.15) is 5.69 Å². The molecule has 0 bridgehead atoms. The SMILES string of the molecule is CCCCC(CC)COC(=O)c1ccc(NC2=NC3=NC(Nc4ccc(C(=O)OCC(CC)CCCC)cc4)=NC4=NC(c5ccnn5-c5ccccc5)=NC(=N2)N34)cc1. The summed E-state index contributed by atoms with van der Waals surface area (Å²) in [5.41, 5.74) is 3.64. The van der Waals surface area contributed by atoms with E-state index in [1.54, 1.807) is 64.3 Å². The number of anilines is 2. The number of esters is 2. The summed E-state index contributed by atoms with van der Waals surface area (Å²) in [6.45, 7) is 9.38. The number of nitrogens with zero attached hydrogens (tertiary/aromatic N) is 9. The van der Waals surface area contributed by atoms with Crippen molar-refractivity contribution in [3.8, 4) is 5.69 Å². The van der Waals surface area contributed by atoms with E-state index in [1.807, 2.05) is 36.4 Å². The van der Waals surface area contributed by atoms with Gasteiger partial charge in [0.15, 0.2) is 5.84 Å². The zero-order valence-corrected chi connectivity index (χ0v) is 34.5. The summed E-state index contributed by atoms with van der Waals surface area (Å²) in [4.78, 5) is 55.9. The van der Waals surface area contributed by atoms with Crippen molar-refractivity contribution >= 4 is 58.9 Å². The molecule has 2 unspecified atom stereocenters. The van der Waals surface area contributed by atoms with Gasteiger partial charge in [0.2, 0.25) is 29.8 Å². The molecule has 4 aromatic rings. The summed E-state index contributed by atoms with van der Waals surface area (Å²) >= 11 is 0. The van der Waals surface area contributed by atoms with Crippen molar-refractivity contribution in [1.29, 1.82) is 0 Å². The number of unbranched alkanes of at least 4 members (excludes halogenated alkanes) is 2. The Morgan fingerprint density at radius 2 is 1.10 bits per heavy atom. The van der Waals surface area contributed by atoms with Crippen LogP contribution in [0.2, 0.25) is 0 Å². The molecular weight excluding hydrogens is 759 g/mol. The number of hydrogen-bond donors (Lipinski definition) is 2. The van der Waals surface area contributed by atoms with Gasteiger partial charge in [-0.2, -0.15) is 35.1 Å². The molecule has 4 heterocycles. The molecule has 15 heteroatoms. The van der Waals surface area contributed by atoms with E-state index in [4.69, 9.17) is 39.4 Å². The number of carbonyl (C=O) groups is 2. The van der Waals surface area contributed by atoms with Gasteiger partial charge in [-0.1, -0.05) is 84.4 Å². The molecule has 0 fully saturated rings. The number of benzene rings is 3. The maximum Gasteiger partial charge on any atom is 0.338 e. The fourth-order valence-corrected chi connectivity index (χ4v) is 6.75. The lowest BCUT2D eigenvalue weighted by atomic mass is 10.0. The normalized spacial score (nSPS) is 15.2. The van der Waals surface area contributed by atoms with Crippen molar-refractivity contribution in [3.05, 3.63) is 108 Å². The number of hydrogen-bond acceptors (Lipinski definition) is 14. The molecule has 1 aromatic heterocycles. The van der Waals surface area contributed by atoms with Crippen molar-refractivity contribution in [3.63, 3.8) is 0 Å². The van der Waals surface area contributed by atoms with Crippen LogP contribution < -0.4 is 10.6 Å². The fourth-order valence-electron chi connectivity index (χ4n) is 6.75. The Bertz CT molecular complexity index is 2250. The van der Waals surface area contributed by atoms with Crippen molar-refractivity contribution in [2.75, 3.05) is 23.8 Å². The number of aliphatic imine (C=N–C) groups is 6. The van der Waals surface area contributed by atoms with E-state index in [9.17, 15) is 9.59 Å². The largest absolute Gasteiger partial charge is 0.462 e. The topological polar surface area (TPSA) is 172 Å². The first-order chi connectivity index (χ1) is 29.3. The Morgan fingerprint density at radius 3 is 1.60 bits per heavy atom. The first-order valence-corrected chi connectivity index (χ1v) is 20.9.